The molecule has 3 amide bonds. The molecule has 0 aliphatic carbocycles. The molecule has 0 aliphatic rings. The molecule has 0 unspecified atom stereocenters. The first-order valence-electron chi connectivity index (χ1n) is 18.4. The lowest BCUT2D eigenvalue weighted by Gasteiger charge is -2.13. The summed E-state index contributed by atoms with van der Waals surface area (Å²) in [6.07, 6.45) is 4.01. The van der Waals surface area contributed by atoms with Crippen molar-refractivity contribution in [3.8, 4) is 11.5 Å². The third-order valence-corrected chi connectivity index (χ3v) is 10.1. The Labute approximate surface area is 336 Å². The zero-order chi connectivity index (χ0) is 41.7. The van der Waals surface area contributed by atoms with Gasteiger partial charge in [-0.15, -0.1) is 0 Å². The lowest BCUT2D eigenvalue weighted by atomic mass is 10.1. The van der Waals surface area contributed by atoms with Crippen molar-refractivity contribution in [1.29, 1.82) is 0 Å². The Morgan fingerprint density at radius 2 is 1.53 bits per heavy atom. The molecule has 0 saturated carbocycles. The molecule has 6 rings (SSSR count). The number of nitrogens with zero attached hydrogens (tertiary/aromatic N) is 8. The van der Waals surface area contributed by atoms with Gasteiger partial charge in [0.1, 0.15) is 33.9 Å². The van der Waals surface area contributed by atoms with E-state index in [1.54, 1.807) is 56.6 Å². The molecular formula is C39H44N10O8S. The van der Waals surface area contributed by atoms with Crippen molar-refractivity contribution in [2.75, 3.05) is 32.8 Å². The maximum absolute atomic E-state index is 13.7. The van der Waals surface area contributed by atoms with Gasteiger partial charge >= 0.3 is 5.97 Å². The minimum Gasteiger partial charge on any atom is -0.494 e. The molecule has 4 N–H and O–H groups in total. The maximum atomic E-state index is 13.7. The largest absolute Gasteiger partial charge is 0.494 e. The van der Waals surface area contributed by atoms with Crippen molar-refractivity contribution < 1.29 is 38.5 Å². The van der Waals surface area contributed by atoms with E-state index >= 15 is 0 Å². The number of primary amides is 1. The normalized spacial score (nSPS) is 11.9. The van der Waals surface area contributed by atoms with Gasteiger partial charge in [0, 0.05) is 44.8 Å². The molecular weight excluding hydrogens is 769 g/mol. The van der Waals surface area contributed by atoms with Crippen LogP contribution < -0.4 is 25.3 Å². The third-order valence-electron chi connectivity index (χ3n) is 9.05. The van der Waals surface area contributed by atoms with Crippen LogP contribution in [0.1, 0.15) is 73.3 Å². The molecule has 4 aromatic heterocycles. The van der Waals surface area contributed by atoms with Gasteiger partial charge in [0.05, 0.1) is 48.0 Å². The summed E-state index contributed by atoms with van der Waals surface area (Å²) >= 11 is 1.21. The number of imidazole rings is 1. The van der Waals surface area contributed by atoms with Gasteiger partial charge in [-0.25, -0.2) is 9.78 Å². The van der Waals surface area contributed by atoms with Gasteiger partial charge in [0.25, 0.3) is 11.8 Å². The summed E-state index contributed by atoms with van der Waals surface area (Å²) < 4.78 is 24.1. The van der Waals surface area contributed by atoms with E-state index in [9.17, 15) is 24.3 Å². The Kier molecular flexibility index (Phi) is 12.5. The molecule has 304 valence electrons. The zero-order valence-corrected chi connectivity index (χ0v) is 33.8. The Bertz CT molecular complexity index is 2640. The number of allylic oxidation sites excluding steroid dienone is 2. The fourth-order valence-corrected chi connectivity index (χ4v) is 7.51. The average Bonchev–Trinajstić information content (AvgIpc) is 3.97. The number of anilines is 1. The molecule has 18 nitrogen and oxygen atoms in total. The molecule has 0 radical (unpaired) electrons. The molecule has 19 heteroatoms. The average molecular weight is 813 g/mol. The standard InChI is InChI=1S/C39H44N10O8S/c1-7-48-27(16-22(3)44-48)35(52)42-38-41-26-18-24(34(40)51)19-30(57-15-11-14-50)32(26)46(38)12-9-10-13-47-33-29(55-5)20-25(37(54)56-6)21-31(33)58-39(47)43-36(53)28-17-23(4)45-49(28)8-2/h9-10,16-21,50H,7-8,11-15H2,1-6H3,(H2,40,51)(H,41,42,52)/b10-9+,43-39?. The number of carbonyl (C=O) groups is 4. The van der Waals surface area contributed by atoms with E-state index < -0.39 is 23.7 Å². The quantitative estimate of drug-likeness (QED) is 0.0719. The Hall–Kier alpha value is -6.60. The van der Waals surface area contributed by atoms with Crippen LogP contribution >= 0.6 is 11.3 Å². The number of nitrogens with one attached hydrogen (secondary N) is 1. The van der Waals surface area contributed by atoms with Gasteiger partial charge < -0.3 is 34.2 Å². The number of amides is 3. The number of aryl methyl sites for hydroxylation is 4. The van der Waals surface area contributed by atoms with Crippen molar-refractivity contribution in [1.82, 2.24) is 33.7 Å². The minimum atomic E-state index is -0.695. The number of fused-ring (bicyclic) bond motifs is 2. The number of thiazole rings is 1. The number of rotatable bonds is 16. The van der Waals surface area contributed by atoms with E-state index in [1.807, 2.05) is 26.0 Å². The number of aromatic nitrogens is 7. The molecule has 0 atom stereocenters. The molecule has 6 aromatic rings. The second-order valence-electron chi connectivity index (χ2n) is 13.0. The highest BCUT2D eigenvalue weighted by molar-refractivity contribution is 7.16. The number of methoxy groups -OCH3 is 2. The molecule has 4 heterocycles. The van der Waals surface area contributed by atoms with Gasteiger partial charge in [-0.1, -0.05) is 23.5 Å². The van der Waals surface area contributed by atoms with Gasteiger partial charge in [-0.2, -0.15) is 15.2 Å². The van der Waals surface area contributed by atoms with E-state index in [0.717, 1.165) is 0 Å². The lowest BCUT2D eigenvalue weighted by molar-refractivity contribution is 0.0600. The fraction of sp³-hybridized carbons (Fsp3) is 0.333. The maximum Gasteiger partial charge on any atom is 0.338 e. The van der Waals surface area contributed by atoms with Crippen molar-refractivity contribution in [3.63, 3.8) is 0 Å². The van der Waals surface area contributed by atoms with Crippen molar-refractivity contribution in [2.24, 2.45) is 10.7 Å². The SMILES string of the molecule is CCn1nc(C)cc1C(=O)N=c1sc2cc(C(=O)OC)cc(OC)c2n1C/C=C/Cn1c(NC(=O)c2cc(C)nn2CC)nc2cc(C(N)=O)cc(OCCCO)c21. The number of esters is 1. The second-order valence-corrected chi connectivity index (χ2v) is 14.0. The first-order chi connectivity index (χ1) is 27.9. The van der Waals surface area contributed by atoms with Crippen LogP contribution in [0.2, 0.25) is 0 Å². The highest BCUT2D eigenvalue weighted by Crippen LogP contribution is 2.32. The Morgan fingerprint density at radius 1 is 0.879 bits per heavy atom. The number of carbonyl (C=O) groups excluding carboxylic acids is 4. The van der Waals surface area contributed by atoms with Crippen LogP contribution in [0.5, 0.6) is 11.5 Å². The molecule has 0 spiro atoms. The lowest BCUT2D eigenvalue weighted by Crippen LogP contribution is -2.20. The van der Waals surface area contributed by atoms with Crippen LogP contribution in [-0.4, -0.2) is 89.9 Å². The van der Waals surface area contributed by atoms with Gasteiger partial charge in [-0.05, 0) is 64.1 Å². The Morgan fingerprint density at radius 3 is 2.17 bits per heavy atom. The predicted octanol–water partition coefficient (Wildman–Crippen LogP) is 4.01. The summed E-state index contributed by atoms with van der Waals surface area (Å²) in [6, 6.07) is 9.61. The summed E-state index contributed by atoms with van der Waals surface area (Å²) in [5.41, 5.74) is 9.50. The summed E-state index contributed by atoms with van der Waals surface area (Å²) in [4.78, 5) is 61.7. The first kappa shape index (κ1) is 41.0. The van der Waals surface area contributed by atoms with E-state index in [4.69, 9.17) is 24.9 Å². The van der Waals surface area contributed by atoms with Gasteiger partial charge in [-0.3, -0.25) is 29.1 Å². The number of nitrogens with two attached hydrogens (primary N) is 1. The van der Waals surface area contributed by atoms with Crippen molar-refractivity contribution >= 4 is 62.2 Å². The van der Waals surface area contributed by atoms with Gasteiger partial charge in [0.15, 0.2) is 4.80 Å². The molecule has 0 fully saturated rings. The summed E-state index contributed by atoms with van der Waals surface area (Å²) in [6.45, 7) is 8.66. The summed E-state index contributed by atoms with van der Waals surface area (Å²) in [5, 5.41) is 21.1. The molecule has 58 heavy (non-hydrogen) atoms. The number of hydrogen-bond acceptors (Lipinski definition) is 12. The van der Waals surface area contributed by atoms with Crippen LogP contribution in [0, 0.1) is 13.8 Å². The Balaban J connectivity index is 1.45. The minimum absolute atomic E-state index is 0.113. The monoisotopic (exact) mass is 812 g/mol. The van der Waals surface area contributed by atoms with E-state index in [-0.39, 0.29) is 49.1 Å². The van der Waals surface area contributed by atoms with E-state index in [2.05, 4.69) is 20.5 Å². The highest BCUT2D eigenvalue weighted by atomic mass is 32.1. The van der Waals surface area contributed by atoms with Crippen molar-refractivity contribution in [3.05, 3.63) is 87.3 Å². The number of hydrogen-bond donors (Lipinski definition) is 3. The van der Waals surface area contributed by atoms with Gasteiger partial charge in [0.2, 0.25) is 11.9 Å². The van der Waals surface area contributed by atoms with Crippen LogP contribution in [0.3, 0.4) is 0 Å². The molecule has 2 aromatic carbocycles. The third kappa shape index (κ3) is 8.40. The summed E-state index contributed by atoms with van der Waals surface area (Å²) in [7, 11) is 2.77. The van der Waals surface area contributed by atoms with Crippen LogP contribution in [0.4, 0.5) is 5.95 Å². The van der Waals surface area contributed by atoms with E-state index in [1.165, 1.54) is 37.7 Å². The summed E-state index contributed by atoms with van der Waals surface area (Å²) in [5.74, 6) is -1.38. The number of aliphatic hydroxyl groups excluding tert-OH is 1. The molecule has 0 aliphatic heterocycles. The van der Waals surface area contributed by atoms with Crippen LogP contribution in [-0.2, 0) is 30.9 Å². The number of benzene rings is 2. The topological polar surface area (TPSA) is 225 Å². The first-order valence-corrected chi connectivity index (χ1v) is 19.2. The van der Waals surface area contributed by atoms with Crippen molar-refractivity contribution in [2.45, 2.75) is 60.3 Å². The highest BCUT2D eigenvalue weighted by Gasteiger charge is 2.23. The van der Waals surface area contributed by atoms with Crippen LogP contribution in [0.15, 0.2) is 53.5 Å². The molecule has 0 saturated heterocycles. The number of aliphatic hydroxyl groups is 1. The van der Waals surface area contributed by atoms with Crippen LogP contribution in [0.25, 0.3) is 21.3 Å². The zero-order valence-electron chi connectivity index (χ0n) is 32.9. The number of ether oxygens (including phenoxy) is 3. The fourth-order valence-electron chi connectivity index (χ4n) is 6.42. The molecule has 0 bridgehead atoms. The second kappa shape index (κ2) is 17.7. The van der Waals surface area contributed by atoms with E-state index in [0.29, 0.717) is 74.1 Å². The predicted molar refractivity (Wildman–Crippen MR) is 215 cm³/mol. The smallest absolute Gasteiger partial charge is 0.338 e.